The molecule has 1 atom stereocenters. The molecule has 0 aromatic heterocycles. The van der Waals surface area contributed by atoms with Crippen molar-refractivity contribution in [2.45, 2.75) is 10.3 Å². The fraction of sp³-hybridized carbons (Fsp3) is 0.417. The van der Waals surface area contributed by atoms with Crippen LogP contribution < -0.4 is 5.11 Å². The Kier molecular flexibility index (Phi) is 5.04. The van der Waals surface area contributed by atoms with Gasteiger partial charge in [-0.25, -0.2) is 8.42 Å². The van der Waals surface area contributed by atoms with Crippen molar-refractivity contribution < 1.29 is 18.3 Å². The second-order valence-electron chi connectivity index (χ2n) is 4.69. The Morgan fingerprint density at radius 1 is 1.36 bits per heavy atom. The van der Waals surface area contributed by atoms with Crippen molar-refractivity contribution in [3.63, 3.8) is 0 Å². The average Bonchev–Trinajstić information content (AvgIpc) is 2.96. The molecule has 0 saturated carbocycles. The van der Waals surface area contributed by atoms with Crippen LogP contribution in [0.1, 0.15) is 0 Å². The van der Waals surface area contributed by atoms with Gasteiger partial charge in [-0.2, -0.15) is 4.31 Å². The first-order valence-electron chi connectivity index (χ1n) is 6.36. The third-order valence-corrected chi connectivity index (χ3v) is 6.03. The van der Waals surface area contributed by atoms with Crippen LogP contribution in [0.15, 0.2) is 39.5 Å². The largest absolute Gasteiger partial charge is 0.547 e. The van der Waals surface area contributed by atoms with Crippen LogP contribution in [0.3, 0.4) is 0 Å². The summed E-state index contributed by atoms with van der Waals surface area (Å²) in [5.41, 5.74) is 0.500. The summed E-state index contributed by atoms with van der Waals surface area (Å²) in [5.74, 6) is -0.977. The Bertz CT molecular complexity index is 673. The van der Waals surface area contributed by atoms with Gasteiger partial charge in [0.15, 0.2) is 0 Å². The fourth-order valence-corrected chi connectivity index (χ4v) is 4.84. The third kappa shape index (κ3) is 3.57. The van der Waals surface area contributed by atoms with E-state index in [0.717, 1.165) is 16.1 Å². The van der Waals surface area contributed by atoms with Crippen LogP contribution in [0.25, 0.3) is 0 Å². The summed E-state index contributed by atoms with van der Waals surface area (Å²) in [4.78, 5) is 11.0. The van der Waals surface area contributed by atoms with Crippen molar-refractivity contribution >= 4 is 33.4 Å². The molecule has 0 amide bonds. The van der Waals surface area contributed by atoms with Gasteiger partial charge in [-0.3, -0.25) is 5.01 Å². The predicted molar refractivity (Wildman–Crippen MR) is 79.8 cm³/mol. The number of nitrogens with zero attached hydrogens (tertiary/aromatic N) is 4. The Morgan fingerprint density at radius 3 is 2.55 bits per heavy atom. The minimum absolute atomic E-state index is 0.0186. The van der Waals surface area contributed by atoms with Crippen LogP contribution >= 0.6 is 11.8 Å². The molecule has 0 unspecified atom stereocenters. The molecule has 120 valence electrons. The van der Waals surface area contributed by atoms with Crippen molar-refractivity contribution in [2.24, 2.45) is 10.3 Å². The maximum Gasteiger partial charge on any atom is 0.244 e. The average molecular weight is 343 g/mol. The first-order chi connectivity index (χ1) is 10.3. The minimum atomic E-state index is -3.87. The van der Waals surface area contributed by atoms with Crippen LogP contribution in [0.5, 0.6) is 0 Å². The molecule has 1 aromatic carbocycles. The first-order valence-corrected chi connectivity index (χ1v) is 8.84. The summed E-state index contributed by atoms with van der Waals surface area (Å²) in [7, 11) is -0.441. The molecule has 0 N–H and O–H groups in total. The monoisotopic (exact) mass is 343 g/mol. The number of sulfonamides is 1. The van der Waals surface area contributed by atoms with Crippen LogP contribution in [0.4, 0.5) is 5.69 Å². The van der Waals surface area contributed by atoms with E-state index in [-0.39, 0.29) is 11.4 Å². The quantitative estimate of drug-likeness (QED) is 0.553. The van der Waals surface area contributed by atoms with E-state index >= 15 is 0 Å². The number of carboxylic acid groups (broad SMARTS) is 1. The van der Waals surface area contributed by atoms with Gasteiger partial charge < -0.3 is 9.90 Å². The van der Waals surface area contributed by atoms with Crippen LogP contribution in [-0.2, 0) is 14.8 Å². The van der Waals surface area contributed by atoms with E-state index in [1.807, 2.05) is 0 Å². The van der Waals surface area contributed by atoms with Crippen molar-refractivity contribution in [3.05, 3.63) is 24.3 Å². The van der Waals surface area contributed by atoms with Crippen LogP contribution in [0, 0.1) is 0 Å². The molecule has 1 saturated heterocycles. The van der Waals surface area contributed by atoms with Gasteiger partial charge in [0, 0.05) is 26.4 Å². The zero-order chi connectivity index (χ0) is 16.3. The molecule has 8 nitrogen and oxygen atoms in total. The summed E-state index contributed by atoms with van der Waals surface area (Å²) in [6.07, 6.45) is 0. The summed E-state index contributed by atoms with van der Waals surface area (Å²) in [6, 6.07) is 5.79. The van der Waals surface area contributed by atoms with E-state index in [9.17, 15) is 18.3 Å². The van der Waals surface area contributed by atoms with Gasteiger partial charge >= 0.3 is 0 Å². The van der Waals surface area contributed by atoms with Gasteiger partial charge in [0.1, 0.15) is 5.37 Å². The standard InChI is InChI=1S/C12H16N4O4S2/c1-15(2)14-13-9-3-5-10(6-4-9)22(19,20)16-7-8-21-11(16)12(17)18/h3-6,11H,7-8H2,1-2H3,(H,17,18)/p-1/t11-/m1/s1. The highest BCUT2D eigenvalue weighted by atomic mass is 32.2. The van der Waals surface area contributed by atoms with Crippen molar-refractivity contribution in [1.82, 2.24) is 9.31 Å². The number of thioether (sulfide) groups is 1. The lowest BCUT2D eigenvalue weighted by atomic mass is 10.3. The zero-order valence-electron chi connectivity index (χ0n) is 12.0. The van der Waals surface area contributed by atoms with E-state index in [1.54, 1.807) is 14.1 Å². The number of carbonyl (C=O) groups is 1. The van der Waals surface area contributed by atoms with Gasteiger partial charge in [0.05, 0.1) is 16.6 Å². The third-order valence-electron chi connectivity index (χ3n) is 2.83. The number of carbonyl (C=O) groups excluding carboxylic acids is 1. The molecule has 1 aliphatic heterocycles. The normalized spacial score (nSPS) is 19.6. The lowest BCUT2D eigenvalue weighted by molar-refractivity contribution is -0.306. The molecule has 1 aromatic rings. The fourth-order valence-electron chi connectivity index (χ4n) is 1.85. The van der Waals surface area contributed by atoms with Crippen molar-refractivity contribution in [2.75, 3.05) is 26.4 Å². The molecular weight excluding hydrogens is 328 g/mol. The number of benzene rings is 1. The van der Waals surface area contributed by atoms with Gasteiger partial charge in [-0.1, -0.05) is 5.22 Å². The molecular formula is C12H15N4O4S2-. The van der Waals surface area contributed by atoms with E-state index in [4.69, 9.17) is 0 Å². The number of hydrogen-bond donors (Lipinski definition) is 0. The topological polar surface area (TPSA) is 105 Å². The van der Waals surface area contributed by atoms with E-state index in [0.29, 0.717) is 11.4 Å². The van der Waals surface area contributed by atoms with Gasteiger partial charge in [-0.15, -0.1) is 16.9 Å². The highest BCUT2D eigenvalue weighted by Gasteiger charge is 2.36. The second-order valence-corrected chi connectivity index (χ2v) is 7.77. The lowest BCUT2D eigenvalue weighted by Crippen LogP contribution is -2.45. The summed E-state index contributed by atoms with van der Waals surface area (Å²) in [5, 5.41) is 19.1. The molecule has 22 heavy (non-hydrogen) atoms. The van der Waals surface area contributed by atoms with Crippen LogP contribution in [0.2, 0.25) is 0 Å². The molecule has 10 heteroatoms. The number of hydrogen-bond acceptors (Lipinski definition) is 7. The molecule has 0 radical (unpaired) electrons. The molecule has 0 aliphatic carbocycles. The van der Waals surface area contributed by atoms with Crippen molar-refractivity contribution in [3.8, 4) is 0 Å². The number of carboxylic acids is 1. The lowest BCUT2D eigenvalue weighted by Gasteiger charge is -2.23. The summed E-state index contributed by atoms with van der Waals surface area (Å²) in [6.45, 7) is 0.147. The van der Waals surface area contributed by atoms with E-state index < -0.39 is 21.4 Å². The Hall–Kier alpha value is -1.65. The molecule has 1 fully saturated rings. The SMILES string of the molecule is CN(C)N=Nc1ccc(S(=O)(=O)N2CCS[C@@H]2C(=O)[O-])cc1. The number of rotatable bonds is 5. The Morgan fingerprint density at radius 2 is 2.00 bits per heavy atom. The summed E-state index contributed by atoms with van der Waals surface area (Å²) < 4.78 is 25.9. The summed E-state index contributed by atoms with van der Waals surface area (Å²) >= 11 is 1.04. The molecule has 1 aliphatic rings. The maximum absolute atomic E-state index is 12.5. The van der Waals surface area contributed by atoms with Gasteiger partial charge in [-0.05, 0) is 24.3 Å². The maximum atomic E-state index is 12.5. The van der Waals surface area contributed by atoms with Crippen LogP contribution in [-0.4, -0.2) is 55.5 Å². The van der Waals surface area contributed by atoms with E-state index in [2.05, 4.69) is 10.3 Å². The zero-order valence-corrected chi connectivity index (χ0v) is 13.7. The minimum Gasteiger partial charge on any atom is -0.547 e. The molecule has 1 heterocycles. The molecule has 0 bridgehead atoms. The second kappa shape index (κ2) is 6.63. The smallest absolute Gasteiger partial charge is 0.244 e. The highest BCUT2D eigenvalue weighted by molar-refractivity contribution is 8.02. The van der Waals surface area contributed by atoms with Crippen molar-refractivity contribution in [1.29, 1.82) is 0 Å². The molecule has 2 rings (SSSR count). The molecule has 0 spiro atoms. The van der Waals surface area contributed by atoms with Gasteiger partial charge in [0.25, 0.3) is 0 Å². The number of aliphatic carboxylic acids is 1. The van der Waals surface area contributed by atoms with Gasteiger partial charge in [0.2, 0.25) is 10.0 Å². The Balaban J connectivity index is 2.25. The first kappa shape index (κ1) is 16.7. The highest BCUT2D eigenvalue weighted by Crippen LogP contribution is 2.30. The Labute approximate surface area is 132 Å². The predicted octanol–water partition coefficient (Wildman–Crippen LogP) is 0.0604. The van der Waals surface area contributed by atoms with E-state index in [1.165, 1.54) is 29.3 Å².